The molecule has 0 saturated heterocycles. The Morgan fingerprint density at radius 2 is 1.80 bits per heavy atom. The molecule has 0 aliphatic rings. The van der Waals surface area contributed by atoms with E-state index in [2.05, 4.69) is 5.32 Å². The van der Waals surface area contributed by atoms with Crippen LogP contribution in [0.1, 0.15) is 20.8 Å². The van der Waals surface area contributed by atoms with Crippen LogP contribution in [-0.4, -0.2) is 43.8 Å². The maximum atomic E-state index is 11.4. The quantitative estimate of drug-likeness (QED) is 0.701. The highest BCUT2D eigenvalue weighted by Gasteiger charge is 2.16. The third-order valence-corrected chi connectivity index (χ3v) is 2.35. The third kappa shape index (κ3) is 5.52. The molecule has 15 heavy (non-hydrogen) atoms. The van der Waals surface area contributed by atoms with Crippen molar-refractivity contribution in [1.82, 2.24) is 10.2 Å². The van der Waals surface area contributed by atoms with E-state index in [0.29, 0.717) is 13.1 Å². The zero-order valence-electron chi connectivity index (χ0n) is 10.3. The van der Waals surface area contributed by atoms with Gasteiger partial charge in [0.15, 0.2) is 0 Å². The van der Waals surface area contributed by atoms with E-state index in [4.69, 9.17) is 0 Å². The molecule has 0 aliphatic carbocycles. The molecule has 0 rings (SSSR count). The van der Waals surface area contributed by atoms with Gasteiger partial charge in [-0.05, 0) is 7.05 Å². The SMILES string of the molecule is CNC(=O)C(C)CN(C)CC(=O)C(C)C. The van der Waals surface area contributed by atoms with Crippen molar-refractivity contribution in [3.8, 4) is 0 Å². The summed E-state index contributed by atoms with van der Waals surface area (Å²) in [5.74, 6) is 0.197. The fraction of sp³-hybridized carbons (Fsp3) is 0.818. The van der Waals surface area contributed by atoms with E-state index in [9.17, 15) is 9.59 Å². The molecule has 1 N–H and O–H groups in total. The number of rotatable bonds is 6. The lowest BCUT2D eigenvalue weighted by Crippen LogP contribution is -2.37. The molecule has 0 aliphatic heterocycles. The number of hydrogen-bond acceptors (Lipinski definition) is 3. The molecule has 0 radical (unpaired) electrons. The predicted octanol–water partition coefficient (Wildman–Crippen LogP) is 0.525. The smallest absolute Gasteiger partial charge is 0.223 e. The lowest BCUT2D eigenvalue weighted by atomic mass is 10.1. The Kier molecular flexibility index (Phi) is 6.17. The van der Waals surface area contributed by atoms with Crippen LogP contribution in [0.4, 0.5) is 0 Å². The van der Waals surface area contributed by atoms with E-state index >= 15 is 0 Å². The summed E-state index contributed by atoms with van der Waals surface area (Å²) in [6.45, 7) is 6.66. The third-order valence-electron chi connectivity index (χ3n) is 2.35. The number of nitrogens with one attached hydrogen (secondary N) is 1. The van der Waals surface area contributed by atoms with Gasteiger partial charge in [0.1, 0.15) is 5.78 Å². The summed E-state index contributed by atoms with van der Waals surface area (Å²) in [6.07, 6.45) is 0. The van der Waals surface area contributed by atoms with Crippen LogP contribution in [0.15, 0.2) is 0 Å². The van der Waals surface area contributed by atoms with Crippen molar-refractivity contribution >= 4 is 11.7 Å². The molecule has 0 aromatic rings. The molecule has 0 aromatic heterocycles. The van der Waals surface area contributed by atoms with Gasteiger partial charge in [0, 0.05) is 25.4 Å². The molecule has 0 aromatic carbocycles. The van der Waals surface area contributed by atoms with Crippen LogP contribution >= 0.6 is 0 Å². The summed E-state index contributed by atoms with van der Waals surface area (Å²) >= 11 is 0. The largest absolute Gasteiger partial charge is 0.359 e. The standard InChI is InChI=1S/C11H22N2O2/c1-8(2)10(14)7-13(5)6-9(3)11(15)12-4/h8-9H,6-7H2,1-5H3,(H,12,15). The van der Waals surface area contributed by atoms with Crippen molar-refractivity contribution in [2.45, 2.75) is 20.8 Å². The van der Waals surface area contributed by atoms with Gasteiger partial charge in [-0.1, -0.05) is 20.8 Å². The monoisotopic (exact) mass is 214 g/mol. The first-order valence-corrected chi connectivity index (χ1v) is 5.31. The van der Waals surface area contributed by atoms with Crippen molar-refractivity contribution in [3.63, 3.8) is 0 Å². The number of nitrogens with zero attached hydrogens (tertiary/aromatic N) is 1. The molecule has 4 heteroatoms. The number of ketones is 1. The van der Waals surface area contributed by atoms with Gasteiger partial charge in [-0.15, -0.1) is 0 Å². The van der Waals surface area contributed by atoms with Gasteiger partial charge in [0.2, 0.25) is 5.91 Å². The van der Waals surface area contributed by atoms with Gasteiger partial charge in [-0.3, -0.25) is 14.5 Å². The fourth-order valence-electron chi connectivity index (χ4n) is 1.31. The zero-order chi connectivity index (χ0) is 12.0. The molecule has 0 spiro atoms. The Bertz CT molecular complexity index is 227. The van der Waals surface area contributed by atoms with Crippen LogP contribution < -0.4 is 5.32 Å². The summed E-state index contributed by atoms with van der Waals surface area (Å²) in [5.41, 5.74) is 0. The number of Topliss-reactive ketones (excluding diaryl/α,β-unsaturated/α-hetero) is 1. The molecule has 0 heterocycles. The van der Waals surface area contributed by atoms with Crippen molar-refractivity contribution < 1.29 is 9.59 Å². The Balaban J connectivity index is 3.98. The Hall–Kier alpha value is -0.900. The lowest BCUT2D eigenvalue weighted by molar-refractivity contribution is -0.126. The van der Waals surface area contributed by atoms with Crippen molar-refractivity contribution in [1.29, 1.82) is 0 Å². The topological polar surface area (TPSA) is 49.4 Å². The van der Waals surface area contributed by atoms with Crippen molar-refractivity contribution in [2.24, 2.45) is 11.8 Å². The molecule has 1 amide bonds. The zero-order valence-corrected chi connectivity index (χ0v) is 10.3. The molecule has 88 valence electrons. The number of amides is 1. The maximum Gasteiger partial charge on any atom is 0.223 e. The summed E-state index contributed by atoms with van der Waals surface area (Å²) in [6, 6.07) is 0. The van der Waals surface area contributed by atoms with Crippen LogP contribution in [0.2, 0.25) is 0 Å². The van der Waals surface area contributed by atoms with E-state index in [1.54, 1.807) is 7.05 Å². The minimum atomic E-state index is -0.0834. The average Bonchev–Trinajstić information content (AvgIpc) is 2.15. The van der Waals surface area contributed by atoms with E-state index in [-0.39, 0.29) is 23.5 Å². The number of carbonyl (C=O) groups excluding carboxylic acids is 2. The number of carbonyl (C=O) groups is 2. The van der Waals surface area contributed by atoms with Crippen LogP contribution in [0.25, 0.3) is 0 Å². The predicted molar refractivity (Wildman–Crippen MR) is 60.6 cm³/mol. The fourth-order valence-corrected chi connectivity index (χ4v) is 1.31. The first kappa shape index (κ1) is 14.1. The van der Waals surface area contributed by atoms with Crippen LogP contribution in [0.3, 0.4) is 0 Å². The Morgan fingerprint density at radius 3 is 2.20 bits per heavy atom. The first-order valence-electron chi connectivity index (χ1n) is 5.31. The second kappa shape index (κ2) is 6.56. The normalized spacial score (nSPS) is 13.0. The van der Waals surface area contributed by atoms with E-state index < -0.39 is 0 Å². The van der Waals surface area contributed by atoms with Gasteiger partial charge >= 0.3 is 0 Å². The van der Waals surface area contributed by atoms with Gasteiger partial charge in [-0.2, -0.15) is 0 Å². The van der Waals surface area contributed by atoms with Gasteiger partial charge in [-0.25, -0.2) is 0 Å². The lowest BCUT2D eigenvalue weighted by Gasteiger charge is -2.20. The highest BCUT2D eigenvalue weighted by Crippen LogP contribution is 2.01. The van der Waals surface area contributed by atoms with Crippen molar-refractivity contribution in [3.05, 3.63) is 0 Å². The second-order valence-electron chi connectivity index (χ2n) is 4.33. The maximum absolute atomic E-state index is 11.4. The average molecular weight is 214 g/mol. The van der Waals surface area contributed by atoms with Crippen LogP contribution in [-0.2, 0) is 9.59 Å². The molecule has 0 saturated carbocycles. The minimum Gasteiger partial charge on any atom is -0.359 e. The summed E-state index contributed by atoms with van der Waals surface area (Å²) in [7, 11) is 3.48. The molecule has 0 bridgehead atoms. The number of hydrogen-bond donors (Lipinski definition) is 1. The van der Waals surface area contributed by atoms with Gasteiger partial charge < -0.3 is 5.32 Å². The Labute approximate surface area is 92.0 Å². The van der Waals surface area contributed by atoms with E-state index in [1.807, 2.05) is 32.7 Å². The highest BCUT2D eigenvalue weighted by molar-refractivity contribution is 5.82. The van der Waals surface area contributed by atoms with E-state index in [0.717, 1.165) is 0 Å². The number of likely N-dealkylation sites (N-methyl/N-ethyl adjacent to an activating group) is 1. The Morgan fingerprint density at radius 1 is 1.27 bits per heavy atom. The van der Waals surface area contributed by atoms with Crippen LogP contribution in [0.5, 0.6) is 0 Å². The van der Waals surface area contributed by atoms with Gasteiger partial charge in [0.25, 0.3) is 0 Å². The molecular weight excluding hydrogens is 192 g/mol. The summed E-state index contributed by atoms with van der Waals surface area (Å²) in [5, 5.41) is 2.60. The summed E-state index contributed by atoms with van der Waals surface area (Å²) < 4.78 is 0. The van der Waals surface area contributed by atoms with Gasteiger partial charge in [0.05, 0.1) is 6.54 Å². The highest BCUT2D eigenvalue weighted by atomic mass is 16.2. The molecule has 1 unspecified atom stereocenters. The molecule has 0 fully saturated rings. The second-order valence-corrected chi connectivity index (χ2v) is 4.33. The minimum absolute atomic E-state index is 0.0128. The first-order chi connectivity index (χ1) is 6.88. The molecule has 1 atom stereocenters. The van der Waals surface area contributed by atoms with Crippen molar-refractivity contribution in [2.75, 3.05) is 27.2 Å². The summed E-state index contributed by atoms with van der Waals surface area (Å²) in [4.78, 5) is 24.6. The van der Waals surface area contributed by atoms with Crippen LogP contribution in [0, 0.1) is 11.8 Å². The molecule has 4 nitrogen and oxygen atoms in total. The van der Waals surface area contributed by atoms with E-state index in [1.165, 1.54) is 0 Å². The molecular formula is C11H22N2O2.